The first-order valence-electron chi connectivity index (χ1n) is 4.57. The highest BCUT2D eigenvalue weighted by Crippen LogP contribution is 2.22. The van der Waals surface area contributed by atoms with Crippen LogP contribution in [0.25, 0.3) is 0 Å². The lowest BCUT2D eigenvalue weighted by Gasteiger charge is -1.95. The Kier molecular flexibility index (Phi) is 3.45. The fourth-order valence-electron chi connectivity index (χ4n) is 1.14. The zero-order chi connectivity index (χ0) is 10.5. The Hall–Kier alpha value is -1.23. The van der Waals surface area contributed by atoms with Gasteiger partial charge >= 0.3 is 0 Å². The molecule has 0 atom stereocenters. The number of halogens is 1. The van der Waals surface area contributed by atoms with Gasteiger partial charge in [0.1, 0.15) is 0 Å². The van der Waals surface area contributed by atoms with Crippen LogP contribution in [0.5, 0.6) is 0 Å². The van der Waals surface area contributed by atoms with Crippen molar-refractivity contribution < 1.29 is 0 Å². The summed E-state index contributed by atoms with van der Waals surface area (Å²) in [6, 6.07) is 17.6. The van der Waals surface area contributed by atoms with Gasteiger partial charge in [0.2, 0.25) is 0 Å². The summed E-state index contributed by atoms with van der Waals surface area (Å²) in [4.78, 5) is 0. The second-order valence-electron chi connectivity index (χ2n) is 2.99. The summed E-state index contributed by atoms with van der Waals surface area (Å²) >= 11 is 2.25. The molecule has 2 aromatic rings. The van der Waals surface area contributed by atoms with Gasteiger partial charge in [-0.15, -0.1) is 5.11 Å². The van der Waals surface area contributed by atoms with Gasteiger partial charge in [-0.1, -0.05) is 30.3 Å². The molecule has 2 nitrogen and oxygen atoms in total. The Bertz CT molecular complexity index is 466. The molecule has 0 radical (unpaired) electrons. The van der Waals surface area contributed by atoms with E-state index in [2.05, 4.69) is 32.8 Å². The lowest BCUT2D eigenvalue weighted by Crippen LogP contribution is -1.70. The average molecular weight is 308 g/mol. The van der Waals surface area contributed by atoms with E-state index < -0.39 is 0 Å². The molecule has 0 saturated heterocycles. The number of hydrogen-bond acceptors (Lipinski definition) is 2. The molecule has 0 amide bonds. The van der Waals surface area contributed by atoms with Crippen LogP contribution >= 0.6 is 22.6 Å². The van der Waals surface area contributed by atoms with Crippen molar-refractivity contribution in [2.45, 2.75) is 0 Å². The highest BCUT2D eigenvalue weighted by molar-refractivity contribution is 14.1. The molecule has 0 bridgehead atoms. The Morgan fingerprint density at radius 2 is 1.40 bits per heavy atom. The first kappa shape index (κ1) is 10.3. The van der Waals surface area contributed by atoms with Gasteiger partial charge in [-0.3, -0.25) is 0 Å². The van der Waals surface area contributed by atoms with Gasteiger partial charge in [-0.05, 0) is 46.9 Å². The van der Waals surface area contributed by atoms with Gasteiger partial charge in [0.15, 0.2) is 0 Å². The van der Waals surface area contributed by atoms with Crippen molar-refractivity contribution in [3.63, 3.8) is 0 Å². The average Bonchev–Trinajstić information content (AvgIpc) is 2.29. The van der Waals surface area contributed by atoms with E-state index in [4.69, 9.17) is 0 Å². The number of hydrogen-bond donors (Lipinski definition) is 0. The highest BCUT2D eigenvalue weighted by Gasteiger charge is 1.94. The fourth-order valence-corrected chi connectivity index (χ4v) is 1.63. The summed E-state index contributed by atoms with van der Waals surface area (Å²) in [7, 11) is 0. The molecule has 2 aromatic carbocycles. The minimum absolute atomic E-state index is 0.872. The van der Waals surface area contributed by atoms with Gasteiger partial charge in [0.05, 0.1) is 11.4 Å². The first-order valence-corrected chi connectivity index (χ1v) is 5.65. The maximum absolute atomic E-state index is 4.19. The Balaban J connectivity index is 2.23. The molecule has 0 aliphatic heterocycles. The van der Waals surface area contributed by atoms with Crippen molar-refractivity contribution >= 4 is 34.0 Å². The summed E-state index contributed by atoms with van der Waals surface area (Å²) in [5.74, 6) is 0. The lowest BCUT2D eigenvalue weighted by atomic mass is 10.3. The maximum atomic E-state index is 4.19. The van der Waals surface area contributed by atoms with Crippen LogP contribution in [0.2, 0.25) is 0 Å². The Morgan fingerprint density at radius 3 is 2.13 bits per heavy atom. The fraction of sp³-hybridized carbons (Fsp3) is 0. The molecule has 0 aliphatic rings. The van der Waals surface area contributed by atoms with Crippen LogP contribution in [0.1, 0.15) is 0 Å². The van der Waals surface area contributed by atoms with Crippen molar-refractivity contribution in [3.8, 4) is 0 Å². The topological polar surface area (TPSA) is 24.7 Å². The van der Waals surface area contributed by atoms with Crippen molar-refractivity contribution in [2.24, 2.45) is 10.2 Å². The zero-order valence-corrected chi connectivity index (χ0v) is 10.1. The van der Waals surface area contributed by atoms with Crippen LogP contribution in [0.3, 0.4) is 0 Å². The van der Waals surface area contributed by atoms with Gasteiger partial charge < -0.3 is 0 Å². The van der Waals surface area contributed by atoms with Crippen molar-refractivity contribution in [1.82, 2.24) is 0 Å². The third-order valence-corrected chi connectivity index (χ3v) is 2.79. The molecule has 3 heteroatoms. The molecule has 74 valence electrons. The molecule has 0 N–H and O–H groups in total. The zero-order valence-electron chi connectivity index (χ0n) is 7.97. The number of rotatable bonds is 2. The number of azo groups is 1. The van der Waals surface area contributed by atoms with Crippen LogP contribution in [-0.2, 0) is 0 Å². The summed E-state index contributed by atoms with van der Waals surface area (Å²) in [5.41, 5.74) is 1.78. The molecule has 0 aliphatic carbocycles. The van der Waals surface area contributed by atoms with E-state index in [-0.39, 0.29) is 0 Å². The smallest absolute Gasteiger partial charge is 0.0990 e. The summed E-state index contributed by atoms with van der Waals surface area (Å²) in [6.07, 6.45) is 0. The van der Waals surface area contributed by atoms with E-state index in [0.29, 0.717) is 0 Å². The quantitative estimate of drug-likeness (QED) is 0.567. The molecular formula is C12H9IN2. The Morgan fingerprint density at radius 1 is 0.733 bits per heavy atom. The number of benzene rings is 2. The van der Waals surface area contributed by atoms with E-state index in [1.807, 2.05) is 54.6 Å². The molecule has 15 heavy (non-hydrogen) atoms. The number of nitrogens with zero attached hydrogens (tertiary/aromatic N) is 2. The lowest BCUT2D eigenvalue weighted by molar-refractivity contribution is 1.22. The summed E-state index contributed by atoms with van der Waals surface area (Å²) in [6.45, 7) is 0. The van der Waals surface area contributed by atoms with E-state index in [0.717, 1.165) is 14.9 Å². The van der Waals surface area contributed by atoms with E-state index in [9.17, 15) is 0 Å². The van der Waals surface area contributed by atoms with Gasteiger partial charge in [-0.2, -0.15) is 5.11 Å². The van der Waals surface area contributed by atoms with E-state index in [1.165, 1.54) is 0 Å². The van der Waals surface area contributed by atoms with Crippen LogP contribution in [0.4, 0.5) is 11.4 Å². The summed E-state index contributed by atoms with van der Waals surface area (Å²) in [5, 5.41) is 8.35. The molecule has 0 unspecified atom stereocenters. The normalized spacial score (nSPS) is 10.7. The van der Waals surface area contributed by atoms with Crippen LogP contribution in [0, 0.1) is 3.57 Å². The predicted octanol–water partition coefficient (Wildman–Crippen LogP) is 4.71. The first-order chi connectivity index (χ1) is 7.36. The summed E-state index contributed by atoms with van der Waals surface area (Å²) < 4.78 is 1.11. The standard InChI is InChI=1S/C12H9IN2/c13-11-8-4-5-9-12(11)15-14-10-6-2-1-3-7-10/h1-9H/b15-14+. The van der Waals surface area contributed by atoms with Crippen molar-refractivity contribution in [2.75, 3.05) is 0 Å². The maximum Gasteiger partial charge on any atom is 0.0990 e. The van der Waals surface area contributed by atoms with Crippen LogP contribution < -0.4 is 0 Å². The predicted molar refractivity (Wildman–Crippen MR) is 69.8 cm³/mol. The van der Waals surface area contributed by atoms with Crippen LogP contribution in [-0.4, -0.2) is 0 Å². The Labute approximate surface area is 102 Å². The van der Waals surface area contributed by atoms with Gasteiger partial charge in [0.25, 0.3) is 0 Å². The van der Waals surface area contributed by atoms with Crippen LogP contribution in [0.15, 0.2) is 64.8 Å². The van der Waals surface area contributed by atoms with Crippen molar-refractivity contribution in [1.29, 1.82) is 0 Å². The van der Waals surface area contributed by atoms with Crippen molar-refractivity contribution in [3.05, 3.63) is 58.2 Å². The van der Waals surface area contributed by atoms with E-state index in [1.54, 1.807) is 0 Å². The highest BCUT2D eigenvalue weighted by atomic mass is 127. The molecule has 0 aromatic heterocycles. The second-order valence-corrected chi connectivity index (χ2v) is 4.15. The minimum Gasteiger partial charge on any atom is -0.151 e. The minimum atomic E-state index is 0.872. The SMILES string of the molecule is Ic1ccccc1/N=N/c1ccccc1. The molecule has 0 saturated carbocycles. The largest absolute Gasteiger partial charge is 0.151 e. The van der Waals surface area contributed by atoms with Gasteiger partial charge in [0, 0.05) is 3.57 Å². The molecule has 0 fully saturated rings. The molecule has 2 rings (SSSR count). The molecule has 0 heterocycles. The molecular weight excluding hydrogens is 299 g/mol. The third kappa shape index (κ3) is 2.86. The molecule has 0 spiro atoms. The third-order valence-electron chi connectivity index (χ3n) is 1.88. The van der Waals surface area contributed by atoms with E-state index >= 15 is 0 Å². The monoisotopic (exact) mass is 308 g/mol. The van der Waals surface area contributed by atoms with Gasteiger partial charge in [-0.25, -0.2) is 0 Å². The second kappa shape index (κ2) is 5.02.